The molecule has 4 N–H and O–H groups in total. The minimum Gasteiger partial charge on any atom is -0.471 e. The van der Waals surface area contributed by atoms with Crippen LogP contribution in [0, 0.1) is 0 Å². The fraction of sp³-hybridized carbons (Fsp3) is 0.273. The van der Waals surface area contributed by atoms with Crippen molar-refractivity contribution in [2.24, 2.45) is 7.05 Å². The molecule has 3 heterocycles. The average molecular weight is 507 g/mol. The molecule has 0 saturated carbocycles. The van der Waals surface area contributed by atoms with Crippen LogP contribution in [-0.4, -0.2) is 29.3 Å². The van der Waals surface area contributed by atoms with Crippen LogP contribution in [0.3, 0.4) is 0 Å². The first kappa shape index (κ1) is 24.3. The monoisotopic (exact) mass is 506 g/mol. The molecule has 0 unspecified atom stereocenters. The number of hydrogen-bond acceptors (Lipinski definition) is 7. The van der Waals surface area contributed by atoms with Gasteiger partial charge in [0.1, 0.15) is 23.8 Å². The van der Waals surface area contributed by atoms with Crippen LogP contribution < -0.4 is 16.2 Å². The molecule has 1 aromatic carbocycles. The lowest BCUT2D eigenvalue weighted by atomic mass is 10.1. The summed E-state index contributed by atoms with van der Waals surface area (Å²) >= 11 is 6.30. The second kappa shape index (κ2) is 9.10. The first-order valence-corrected chi connectivity index (χ1v) is 10.8. The van der Waals surface area contributed by atoms with Crippen LogP contribution in [-0.2, 0) is 19.8 Å². The van der Waals surface area contributed by atoms with Crippen LogP contribution in [0.15, 0.2) is 36.7 Å². The van der Waals surface area contributed by atoms with Crippen molar-refractivity contribution >= 4 is 23.1 Å². The third kappa shape index (κ3) is 4.87. The molecule has 0 atom stereocenters. The number of aromatic nitrogens is 6. The number of imidazole rings is 1. The van der Waals surface area contributed by atoms with Gasteiger partial charge in [-0.25, -0.2) is 9.97 Å². The van der Waals surface area contributed by atoms with Gasteiger partial charge in [-0.15, -0.1) is 0 Å². The Morgan fingerprint density at radius 1 is 1.09 bits per heavy atom. The predicted octanol–water partition coefficient (Wildman–Crippen LogP) is 4.74. The van der Waals surface area contributed by atoms with Gasteiger partial charge in [0.25, 0.3) is 0 Å². The molecule has 9 nitrogen and oxygen atoms in total. The van der Waals surface area contributed by atoms with Gasteiger partial charge >= 0.3 is 6.18 Å². The number of rotatable bonds is 6. The lowest BCUT2D eigenvalue weighted by Crippen LogP contribution is -2.10. The van der Waals surface area contributed by atoms with Crippen LogP contribution in [0.25, 0.3) is 22.9 Å². The first-order chi connectivity index (χ1) is 16.5. The molecule has 4 aromatic rings. The third-order valence-electron chi connectivity index (χ3n) is 5.15. The van der Waals surface area contributed by atoms with Gasteiger partial charge in [-0.1, -0.05) is 35.9 Å². The highest BCUT2D eigenvalue weighted by Gasteiger charge is 2.34. The van der Waals surface area contributed by atoms with E-state index in [-0.39, 0.29) is 41.7 Å². The Labute approximate surface area is 203 Å². The normalized spacial score (nSPS) is 11.9. The van der Waals surface area contributed by atoms with Crippen molar-refractivity contribution < 1.29 is 17.9 Å². The topological polar surface area (TPSA) is 123 Å². The minimum atomic E-state index is -4.51. The largest absolute Gasteiger partial charge is 0.471 e. The summed E-state index contributed by atoms with van der Waals surface area (Å²) in [4.78, 5) is 12.3. The van der Waals surface area contributed by atoms with Gasteiger partial charge in [0, 0.05) is 24.8 Å². The van der Waals surface area contributed by atoms with Gasteiger partial charge in [-0.3, -0.25) is 4.68 Å². The summed E-state index contributed by atoms with van der Waals surface area (Å²) < 4.78 is 47.6. The first-order valence-electron chi connectivity index (χ1n) is 10.4. The number of nitrogens with zero attached hydrogens (tertiary/aromatic N) is 6. The van der Waals surface area contributed by atoms with Gasteiger partial charge in [-0.05, 0) is 19.4 Å². The van der Waals surface area contributed by atoms with E-state index in [0.29, 0.717) is 16.3 Å². The van der Waals surface area contributed by atoms with Crippen LogP contribution in [0.5, 0.6) is 5.88 Å². The van der Waals surface area contributed by atoms with Crippen LogP contribution in [0.4, 0.5) is 24.7 Å². The molecular formula is C22H22ClF3N8O. The average Bonchev–Trinajstić information content (AvgIpc) is 3.38. The summed E-state index contributed by atoms with van der Waals surface area (Å²) in [5.41, 5.74) is 12.9. The number of halogens is 4. The molecule has 35 heavy (non-hydrogen) atoms. The molecule has 4 rings (SSSR count). The Hall–Kier alpha value is -3.80. The van der Waals surface area contributed by atoms with Crippen molar-refractivity contribution in [2.45, 2.75) is 32.7 Å². The van der Waals surface area contributed by atoms with Crippen molar-refractivity contribution in [1.29, 1.82) is 0 Å². The van der Waals surface area contributed by atoms with E-state index in [1.54, 1.807) is 28.9 Å². The molecule has 0 aliphatic heterocycles. The SMILES string of the molecule is CC(C)n1ncc(Cl)c1-c1nc(N)c(N)c(OCc2ccc(-c3nc(C(F)(F)F)cn3C)cc2)n1. The molecule has 0 spiro atoms. The van der Waals surface area contributed by atoms with Crippen molar-refractivity contribution in [2.75, 3.05) is 11.5 Å². The molecule has 0 aliphatic carbocycles. The molecule has 3 aromatic heterocycles. The van der Waals surface area contributed by atoms with E-state index in [1.807, 2.05) is 13.8 Å². The van der Waals surface area contributed by atoms with E-state index < -0.39 is 11.9 Å². The zero-order chi connectivity index (χ0) is 25.5. The van der Waals surface area contributed by atoms with Gasteiger partial charge in [0.15, 0.2) is 17.3 Å². The summed E-state index contributed by atoms with van der Waals surface area (Å²) in [7, 11) is 1.51. The summed E-state index contributed by atoms with van der Waals surface area (Å²) in [6, 6.07) is 6.73. The number of anilines is 2. The maximum Gasteiger partial charge on any atom is 0.434 e. The van der Waals surface area contributed by atoms with E-state index in [4.69, 9.17) is 27.8 Å². The maximum atomic E-state index is 13.0. The van der Waals surface area contributed by atoms with Crippen molar-refractivity contribution in [3.63, 3.8) is 0 Å². The Bertz CT molecular complexity index is 1360. The number of nitrogen functional groups attached to an aromatic ring is 2. The minimum absolute atomic E-state index is 0.00584. The van der Waals surface area contributed by atoms with Gasteiger partial charge in [0.2, 0.25) is 5.88 Å². The lowest BCUT2D eigenvalue weighted by Gasteiger charge is -2.14. The highest BCUT2D eigenvalue weighted by Crippen LogP contribution is 2.33. The summed E-state index contributed by atoms with van der Waals surface area (Å²) in [5, 5.41) is 4.60. The van der Waals surface area contributed by atoms with Gasteiger partial charge in [0.05, 0.1) is 11.2 Å². The van der Waals surface area contributed by atoms with Crippen LogP contribution in [0.2, 0.25) is 5.02 Å². The number of ether oxygens (including phenoxy) is 1. The Balaban J connectivity index is 1.56. The van der Waals surface area contributed by atoms with E-state index in [9.17, 15) is 13.2 Å². The van der Waals surface area contributed by atoms with Crippen molar-refractivity contribution in [1.82, 2.24) is 29.3 Å². The van der Waals surface area contributed by atoms with Crippen LogP contribution in [0.1, 0.15) is 31.1 Å². The number of hydrogen-bond donors (Lipinski definition) is 2. The molecule has 0 amide bonds. The van der Waals surface area contributed by atoms with E-state index in [1.165, 1.54) is 17.8 Å². The number of alkyl halides is 3. The molecule has 0 aliphatic rings. The number of aryl methyl sites for hydroxylation is 1. The zero-order valence-corrected chi connectivity index (χ0v) is 19.8. The Morgan fingerprint density at radius 2 is 1.77 bits per heavy atom. The standard InChI is InChI=1S/C22H22ClF3N8O/c1-11(2)34-17(14(23)8-29-34)19-31-18(28)16(27)21(32-19)35-10-12-4-6-13(7-5-12)20-30-15(9-33(20)3)22(24,25)26/h4-9,11H,10,27H2,1-3H3,(H2,28,31,32). The van der Waals surface area contributed by atoms with E-state index >= 15 is 0 Å². The van der Waals surface area contributed by atoms with E-state index in [0.717, 1.165) is 11.8 Å². The van der Waals surface area contributed by atoms with Gasteiger partial charge < -0.3 is 20.8 Å². The third-order valence-corrected chi connectivity index (χ3v) is 5.42. The fourth-order valence-corrected chi connectivity index (χ4v) is 3.61. The summed E-state index contributed by atoms with van der Waals surface area (Å²) in [6.45, 7) is 3.94. The quantitative estimate of drug-likeness (QED) is 0.387. The number of nitrogens with two attached hydrogens (primary N) is 2. The number of benzene rings is 1. The zero-order valence-electron chi connectivity index (χ0n) is 19.0. The molecule has 0 saturated heterocycles. The lowest BCUT2D eigenvalue weighted by molar-refractivity contribution is -0.140. The highest BCUT2D eigenvalue weighted by atomic mass is 35.5. The Kier molecular flexibility index (Phi) is 6.32. The Morgan fingerprint density at radius 3 is 2.37 bits per heavy atom. The fourth-order valence-electron chi connectivity index (χ4n) is 3.40. The van der Waals surface area contributed by atoms with Gasteiger partial charge in [-0.2, -0.15) is 23.3 Å². The molecule has 0 bridgehead atoms. The van der Waals surface area contributed by atoms with Crippen molar-refractivity contribution in [3.8, 4) is 28.8 Å². The van der Waals surface area contributed by atoms with E-state index in [2.05, 4.69) is 20.1 Å². The maximum absolute atomic E-state index is 13.0. The van der Waals surface area contributed by atoms with Crippen LogP contribution >= 0.6 is 11.6 Å². The highest BCUT2D eigenvalue weighted by molar-refractivity contribution is 6.32. The smallest absolute Gasteiger partial charge is 0.434 e. The second-order valence-electron chi connectivity index (χ2n) is 8.07. The van der Waals surface area contributed by atoms with Crippen molar-refractivity contribution in [3.05, 3.63) is 52.9 Å². The molecule has 0 radical (unpaired) electrons. The predicted molar refractivity (Wildman–Crippen MR) is 125 cm³/mol. The molecule has 184 valence electrons. The summed E-state index contributed by atoms with van der Waals surface area (Å²) in [5.74, 6) is 0.514. The molecular weight excluding hydrogens is 485 g/mol. The second-order valence-corrected chi connectivity index (χ2v) is 8.48. The molecule has 13 heteroatoms. The summed E-state index contributed by atoms with van der Waals surface area (Å²) in [6.07, 6.45) is -2.07. The molecule has 0 fully saturated rings.